The molecule has 2 aromatic heterocycles. The number of rotatable bonds is 3. The van der Waals surface area contributed by atoms with E-state index in [1.54, 1.807) is 12.3 Å². The Kier molecular flexibility index (Phi) is 2.62. The summed E-state index contributed by atoms with van der Waals surface area (Å²) >= 11 is 0. The maximum atomic E-state index is 5.42. The number of aromatic nitrogens is 3. The fraction of sp³-hybridized carbons (Fsp3) is 0.300. The topological polar surface area (TPSA) is 63.8 Å². The van der Waals surface area contributed by atoms with Gasteiger partial charge in [-0.15, -0.1) is 0 Å². The Morgan fingerprint density at radius 2 is 2.27 bits per heavy atom. The van der Waals surface area contributed by atoms with Gasteiger partial charge in [-0.1, -0.05) is 0 Å². The van der Waals surface area contributed by atoms with Gasteiger partial charge in [-0.2, -0.15) is 0 Å². The summed E-state index contributed by atoms with van der Waals surface area (Å²) in [6.07, 6.45) is 3.18. The molecule has 78 valence electrons. The molecule has 0 saturated heterocycles. The van der Waals surface area contributed by atoms with Crippen LogP contribution in [-0.2, 0) is 6.54 Å². The third-order valence-electron chi connectivity index (χ3n) is 2.08. The van der Waals surface area contributed by atoms with Crippen molar-refractivity contribution in [2.24, 2.45) is 0 Å². The number of hydrogen-bond acceptors (Lipinski definition) is 5. The lowest BCUT2D eigenvalue weighted by Crippen LogP contribution is -2.01. The largest absolute Gasteiger partial charge is 0.444 e. The minimum Gasteiger partial charge on any atom is -0.444 e. The van der Waals surface area contributed by atoms with E-state index < -0.39 is 0 Å². The predicted molar refractivity (Wildman–Crippen MR) is 55.3 cm³/mol. The molecule has 0 saturated carbocycles. The van der Waals surface area contributed by atoms with Crippen LogP contribution in [0.3, 0.4) is 0 Å². The van der Waals surface area contributed by atoms with E-state index >= 15 is 0 Å². The molecule has 5 heteroatoms. The Bertz CT molecular complexity index is 418. The zero-order chi connectivity index (χ0) is 10.7. The first kappa shape index (κ1) is 9.64. The smallest absolute Gasteiger partial charge is 0.213 e. The van der Waals surface area contributed by atoms with Crippen molar-refractivity contribution >= 4 is 5.82 Å². The first-order valence-electron chi connectivity index (χ1n) is 4.68. The summed E-state index contributed by atoms with van der Waals surface area (Å²) in [5.74, 6) is 2.29. The van der Waals surface area contributed by atoms with Crippen LogP contribution in [0.25, 0.3) is 0 Å². The van der Waals surface area contributed by atoms with Gasteiger partial charge in [0.05, 0.1) is 12.2 Å². The predicted octanol–water partition coefficient (Wildman–Crippen LogP) is 1.69. The summed E-state index contributed by atoms with van der Waals surface area (Å²) in [5, 5.41) is 3.09. The van der Waals surface area contributed by atoms with E-state index in [1.807, 2.05) is 13.8 Å². The number of nitrogens with one attached hydrogen (secondary N) is 1. The van der Waals surface area contributed by atoms with Crippen molar-refractivity contribution in [2.45, 2.75) is 20.4 Å². The molecule has 0 radical (unpaired) electrons. The van der Waals surface area contributed by atoms with Crippen molar-refractivity contribution in [3.8, 4) is 0 Å². The van der Waals surface area contributed by atoms with Crippen LogP contribution in [0.4, 0.5) is 5.82 Å². The van der Waals surface area contributed by atoms with Crippen LogP contribution in [0.1, 0.15) is 17.3 Å². The molecule has 0 aliphatic heterocycles. The van der Waals surface area contributed by atoms with E-state index in [0.29, 0.717) is 12.4 Å². The summed E-state index contributed by atoms with van der Waals surface area (Å²) in [6, 6.07) is 1.79. The van der Waals surface area contributed by atoms with Gasteiger partial charge in [0.15, 0.2) is 0 Å². The van der Waals surface area contributed by atoms with Gasteiger partial charge in [0, 0.05) is 6.20 Å². The minimum absolute atomic E-state index is 0.533. The maximum absolute atomic E-state index is 5.42. The molecule has 0 aromatic carbocycles. The highest BCUT2D eigenvalue weighted by molar-refractivity contribution is 5.31. The molecule has 5 nitrogen and oxygen atoms in total. The molecule has 0 aliphatic rings. The number of aryl methyl sites for hydroxylation is 2. The second-order valence-corrected chi connectivity index (χ2v) is 3.20. The number of anilines is 1. The molecule has 2 rings (SSSR count). The van der Waals surface area contributed by atoms with Gasteiger partial charge in [0.25, 0.3) is 0 Å². The second-order valence-electron chi connectivity index (χ2n) is 3.20. The van der Waals surface area contributed by atoms with Crippen LogP contribution in [0, 0.1) is 13.8 Å². The fourth-order valence-corrected chi connectivity index (χ4v) is 1.18. The van der Waals surface area contributed by atoms with E-state index in [9.17, 15) is 0 Å². The minimum atomic E-state index is 0.533. The lowest BCUT2D eigenvalue weighted by atomic mass is 10.4. The summed E-state index contributed by atoms with van der Waals surface area (Å²) in [4.78, 5) is 12.1. The van der Waals surface area contributed by atoms with Crippen molar-refractivity contribution in [3.63, 3.8) is 0 Å². The zero-order valence-corrected chi connectivity index (χ0v) is 8.69. The first-order chi connectivity index (χ1) is 7.25. The van der Waals surface area contributed by atoms with Gasteiger partial charge >= 0.3 is 0 Å². The van der Waals surface area contributed by atoms with Crippen molar-refractivity contribution in [1.29, 1.82) is 0 Å². The van der Waals surface area contributed by atoms with E-state index in [0.717, 1.165) is 17.3 Å². The second kappa shape index (κ2) is 4.08. The van der Waals surface area contributed by atoms with Gasteiger partial charge < -0.3 is 9.73 Å². The highest BCUT2D eigenvalue weighted by Gasteiger charge is 2.04. The molecule has 0 atom stereocenters. The summed E-state index contributed by atoms with van der Waals surface area (Å²) in [5.41, 5.74) is 0.925. The summed E-state index contributed by atoms with van der Waals surface area (Å²) < 4.78 is 5.42. The third-order valence-corrected chi connectivity index (χ3v) is 2.08. The molecule has 0 amide bonds. The van der Waals surface area contributed by atoms with Gasteiger partial charge in [-0.3, -0.25) is 0 Å². The molecule has 15 heavy (non-hydrogen) atoms. The summed E-state index contributed by atoms with van der Waals surface area (Å²) in [7, 11) is 0. The van der Waals surface area contributed by atoms with Crippen LogP contribution in [-0.4, -0.2) is 15.0 Å². The van der Waals surface area contributed by atoms with Crippen LogP contribution in [0.2, 0.25) is 0 Å². The SMILES string of the molecule is Cc1nc(CNc2ccncn2)oc1C. The van der Waals surface area contributed by atoms with Crippen molar-refractivity contribution in [2.75, 3.05) is 5.32 Å². The van der Waals surface area contributed by atoms with Crippen LogP contribution < -0.4 is 5.32 Å². The van der Waals surface area contributed by atoms with Crippen LogP contribution in [0.15, 0.2) is 23.0 Å². The third kappa shape index (κ3) is 2.31. The molecular formula is C10H12N4O. The molecule has 0 fully saturated rings. The highest BCUT2D eigenvalue weighted by Crippen LogP contribution is 2.09. The quantitative estimate of drug-likeness (QED) is 0.824. The van der Waals surface area contributed by atoms with E-state index in [4.69, 9.17) is 4.42 Å². The molecule has 2 heterocycles. The van der Waals surface area contributed by atoms with E-state index in [-0.39, 0.29) is 0 Å². The molecular weight excluding hydrogens is 192 g/mol. The summed E-state index contributed by atoms with van der Waals surface area (Å²) in [6.45, 7) is 4.36. The zero-order valence-electron chi connectivity index (χ0n) is 8.69. The van der Waals surface area contributed by atoms with Crippen LogP contribution >= 0.6 is 0 Å². The molecule has 0 aliphatic carbocycles. The first-order valence-corrected chi connectivity index (χ1v) is 4.68. The standard InChI is InChI=1S/C10H12N4O/c1-7-8(2)15-10(14-7)5-12-9-3-4-11-6-13-9/h3-4,6H,5H2,1-2H3,(H,11,12,13). The van der Waals surface area contributed by atoms with E-state index in [2.05, 4.69) is 20.3 Å². The Hall–Kier alpha value is -1.91. The van der Waals surface area contributed by atoms with Gasteiger partial charge in [-0.05, 0) is 19.9 Å². The number of oxazole rings is 1. The van der Waals surface area contributed by atoms with Gasteiger partial charge in [0.2, 0.25) is 5.89 Å². The van der Waals surface area contributed by atoms with Crippen molar-refractivity contribution in [3.05, 3.63) is 35.9 Å². The van der Waals surface area contributed by atoms with Gasteiger partial charge in [0.1, 0.15) is 17.9 Å². The molecule has 0 spiro atoms. The molecule has 0 bridgehead atoms. The Morgan fingerprint density at radius 1 is 1.40 bits per heavy atom. The molecule has 1 N–H and O–H groups in total. The lowest BCUT2D eigenvalue weighted by Gasteiger charge is -2.00. The van der Waals surface area contributed by atoms with E-state index in [1.165, 1.54) is 6.33 Å². The number of hydrogen-bond donors (Lipinski definition) is 1. The van der Waals surface area contributed by atoms with Gasteiger partial charge in [-0.25, -0.2) is 15.0 Å². The van der Waals surface area contributed by atoms with Crippen molar-refractivity contribution < 1.29 is 4.42 Å². The Morgan fingerprint density at radius 3 is 2.87 bits per heavy atom. The number of nitrogens with zero attached hydrogens (tertiary/aromatic N) is 3. The maximum Gasteiger partial charge on any atom is 0.213 e. The monoisotopic (exact) mass is 204 g/mol. The average molecular weight is 204 g/mol. The Labute approximate surface area is 87.6 Å². The van der Waals surface area contributed by atoms with Crippen molar-refractivity contribution in [1.82, 2.24) is 15.0 Å². The lowest BCUT2D eigenvalue weighted by molar-refractivity contribution is 0.478. The molecule has 2 aromatic rings. The molecule has 0 unspecified atom stereocenters. The van der Waals surface area contributed by atoms with Crippen LogP contribution in [0.5, 0.6) is 0 Å². The average Bonchev–Trinajstić information content (AvgIpc) is 2.57. The normalized spacial score (nSPS) is 10.3. The highest BCUT2D eigenvalue weighted by atomic mass is 16.4. The Balaban J connectivity index is 1.99. The fourth-order valence-electron chi connectivity index (χ4n) is 1.18.